The summed E-state index contributed by atoms with van der Waals surface area (Å²) in [5.74, 6) is -2.55. The molecule has 4 unspecified atom stereocenters. The molecule has 2 aromatic carbocycles. The second kappa shape index (κ2) is 10.8. The van der Waals surface area contributed by atoms with Crippen LogP contribution in [0.25, 0.3) is 10.9 Å². The third-order valence-electron chi connectivity index (χ3n) is 5.45. The van der Waals surface area contributed by atoms with Crippen molar-refractivity contribution in [1.82, 2.24) is 15.6 Å². The van der Waals surface area contributed by atoms with E-state index in [0.717, 1.165) is 22.0 Å². The minimum atomic E-state index is -1.22. The second-order valence-corrected chi connectivity index (χ2v) is 7.98. The van der Waals surface area contributed by atoms with E-state index in [4.69, 9.17) is 5.73 Å². The van der Waals surface area contributed by atoms with E-state index in [1.165, 1.54) is 6.92 Å². The molecular weight excluding hydrogens is 424 g/mol. The molecule has 0 saturated heterocycles. The van der Waals surface area contributed by atoms with Crippen molar-refractivity contribution in [2.24, 2.45) is 5.73 Å². The molecule has 1 aromatic heterocycles. The summed E-state index contributed by atoms with van der Waals surface area (Å²) < 4.78 is 0. The number of nitrogens with one attached hydrogen (secondary N) is 3. The van der Waals surface area contributed by atoms with Gasteiger partial charge in [0.1, 0.15) is 18.1 Å². The number of fused-ring (bicyclic) bond motifs is 1. The first-order valence-electron chi connectivity index (χ1n) is 10.6. The molecule has 174 valence electrons. The average Bonchev–Trinajstić information content (AvgIpc) is 3.21. The largest absolute Gasteiger partial charge is 0.480 e. The van der Waals surface area contributed by atoms with Crippen LogP contribution in [-0.4, -0.2) is 57.2 Å². The van der Waals surface area contributed by atoms with Crippen LogP contribution in [0.5, 0.6) is 0 Å². The highest BCUT2D eigenvalue weighted by Crippen LogP contribution is 2.19. The van der Waals surface area contributed by atoms with E-state index in [1.54, 1.807) is 30.5 Å². The summed E-state index contributed by atoms with van der Waals surface area (Å²) in [6.45, 7) is 1.37. The third-order valence-corrected chi connectivity index (χ3v) is 5.45. The number of carbonyl (C=O) groups excluding carboxylic acids is 2. The Morgan fingerprint density at radius 2 is 1.58 bits per heavy atom. The molecule has 9 heteroatoms. The zero-order valence-electron chi connectivity index (χ0n) is 18.2. The zero-order chi connectivity index (χ0) is 24.0. The van der Waals surface area contributed by atoms with Crippen molar-refractivity contribution in [3.8, 4) is 0 Å². The predicted octanol–water partition coefficient (Wildman–Crippen LogP) is 0.715. The SMILES string of the molecule is CC(O)C(N)C(=O)NC(Cc1ccccc1)C(=O)NC(Cc1c[nH]c2ccccc12)C(=O)O. The molecule has 0 aliphatic rings. The number of para-hydroxylation sites is 1. The summed E-state index contributed by atoms with van der Waals surface area (Å²) in [5, 5.41) is 25.3. The number of aliphatic hydroxyl groups excluding tert-OH is 1. The topological polar surface area (TPSA) is 158 Å². The molecule has 0 saturated carbocycles. The molecule has 1 heterocycles. The first-order valence-corrected chi connectivity index (χ1v) is 10.6. The molecule has 4 atom stereocenters. The number of amides is 2. The van der Waals surface area contributed by atoms with Gasteiger partial charge in [-0.15, -0.1) is 0 Å². The normalized spacial score (nSPS) is 14.8. The maximum atomic E-state index is 13.1. The standard InChI is InChI=1S/C24H28N4O5/c1-14(29)21(25)23(31)27-19(11-15-7-3-2-4-8-15)22(30)28-20(24(32)33)12-16-13-26-18-10-6-5-9-17(16)18/h2-10,13-14,19-21,26,29H,11-12,25H2,1H3,(H,27,31)(H,28,30)(H,32,33). The molecule has 3 rings (SSSR count). The van der Waals surface area contributed by atoms with Gasteiger partial charge in [-0.1, -0.05) is 48.5 Å². The van der Waals surface area contributed by atoms with Crippen molar-refractivity contribution < 1.29 is 24.6 Å². The van der Waals surface area contributed by atoms with Gasteiger partial charge in [0.2, 0.25) is 11.8 Å². The van der Waals surface area contributed by atoms with Gasteiger partial charge in [0.15, 0.2) is 0 Å². The number of rotatable bonds is 10. The Kier molecular flexibility index (Phi) is 7.81. The van der Waals surface area contributed by atoms with Gasteiger partial charge >= 0.3 is 5.97 Å². The first-order chi connectivity index (χ1) is 15.8. The number of hydrogen-bond acceptors (Lipinski definition) is 5. The van der Waals surface area contributed by atoms with Gasteiger partial charge in [-0.2, -0.15) is 0 Å². The maximum absolute atomic E-state index is 13.1. The van der Waals surface area contributed by atoms with Crippen molar-refractivity contribution in [2.75, 3.05) is 0 Å². The quantitative estimate of drug-likeness (QED) is 0.266. The highest BCUT2D eigenvalue weighted by molar-refractivity contribution is 5.92. The molecule has 33 heavy (non-hydrogen) atoms. The fraction of sp³-hybridized carbons (Fsp3) is 0.292. The number of carboxylic acids is 1. The Labute approximate surface area is 191 Å². The smallest absolute Gasteiger partial charge is 0.326 e. The number of carboxylic acid groups (broad SMARTS) is 1. The summed E-state index contributed by atoms with van der Waals surface area (Å²) in [6, 6.07) is 13.0. The molecule has 0 aliphatic heterocycles. The van der Waals surface area contributed by atoms with E-state index in [0.29, 0.717) is 0 Å². The monoisotopic (exact) mass is 452 g/mol. The molecule has 7 N–H and O–H groups in total. The van der Waals surface area contributed by atoms with Gasteiger partial charge < -0.3 is 31.6 Å². The number of carbonyl (C=O) groups is 3. The number of nitrogens with two attached hydrogens (primary N) is 1. The lowest BCUT2D eigenvalue weighted by Crippen LogP contribution is -2.57. The fourth-order valence-electron chi connectivity index (χ4n) is 3.54. The molecule has 0 spiro atoms. The van der Waals surface area contributed by atoms with Crippen LogP contribution < -0.4 is 16.4 Å². The van der Waals surface area contributed by atoms with Crippen molar-refractivity contribution in [2.45, 2.75) is 44.0 Å². The number of H-pyrrole nitrogens is 1. The summed E-state index contributed by atoms with van der Waals surface area (Å²) in [7, 11) is 0. The number of aliphatic hydroxyl groups is 1. The molecular formula is C24H28N4O5. The van der Waals surface area contributed by atoms with E-state index in [2.05, 4.69) is 15.6 Å². The van der Waals surface area contributed by atoms with E-state index >= 15 is 0 Å². The van der Waals surface area contributed by atoms with E-state index in [1.807, 2.05) is 30.3 Å². The number of benzene rings is 2. The van der Waals surface area contributed by atoms with Gasteiger partial charge in [0, 0.05) is 29.9 Å². The molecule has 0 radical (unpaired) electrons. The predicted molar refractivity (Wildman–Crippen MR) is 123 cm³/mol. The van der Waals surface area contributed by atoms with E-state index in [-0.39, 0.29) is 12.8 Å². The lowest BCUT2D eigenvalue weighted by molar-refractivity contribution is -0.142. The van der Waals surface area contributed by atoms with Crippen LogP contribution in [-0.2, 0) is 27.2 Å². The van der Waals surface area contributed by atoms with Crippen molar-refractivity contribution in [3.63, 3.8) is 0 Å². The summed E-state index contributed by atoms with van der Waals surface area (Å²) in [6.07, 6.45) is 0.797. The maximum Gasteiger partial charge on any atom is 0.326 e. The number of aromatic nitrogens is 1. The van der Waals surface area contributed by atoms with Crippen LogP contribution in [0.4, 0.5) is 0 Å². The van der Waals surface area contributed by atoms with Gasteiger partial charge in [0.25, 0.3) is 0 Å². The van der Waals surface area contributed by atoms with E-state index < -0.39 is 42.0 Å². The fourth-order valence-corrected chi connectivity index (χ4v) is 3.54. The van der Waals surface area contributed by atoms with Crippen LogP contribution in [0.15, 0.2) is 60.8 Å². The molecule has 9 nitrogen and oxygen atoms in total. The molecule has 0 aliphatic carbocycles. The Hall–Kier alpha value is -3.69. The van der Waals surface area contributed by atoms with Crippen molar-refractivity contribution in [1.29, 1.82) is 0 Å². The highest BCUT2D eigenvalue weighted by atomic mass is 16.4. The third kappa shape index (κ3) is 6.18. The van der Waals surface area contributed by atoms with Crippen molar-refractivity contribution >= 4 is 28.7 Å². The van der Waals surface area contributed by atoms with E-state index in [9.17, 15) is 24.6 Å². The first kappa shape index (κ1) is 24.0. The van der Waals surface area contributed by atoms with Gasteiger partial charge in [-0.25, -0.2) is 4.79 Å². The number of aromatic amines is 1. The van der Waals surface area contributed by atoms with Crippen LogP contribution in [0.1, 0.15) is 18.1 Å². The lowest BCUT2D eigenvalue weighted by Gasteiger charge is -2.23. The number of hydrogen-bond donors (Lipinski definition) is 6. The summed E-state index contributed by atoms with van der Waals surface area (Å²) in [4.78, 5) is 40.5. The van der Waals surface area contributed by atoms with Gasteiger partial charge in [-0.05, 0) is 24.1 Å². The Bertz CT molecular complexity index is 1110. The lowest BCUT2D eigenvalue weighted by atomic mass is 10.0. The Balaban J connectivity index is 1.78. The Morgan fingerprint density at radius 3 is 2.24 bits per heavy atom. The van der Waals surface area contributed by atoms with Gasteiger partial charge in [0.05, 0.1) is 6.10 Å². The number of aliphatic carboxylic acids is 1. The van der Waals surface area contributed by atoms with Gasteiger partial charge in [-0.3, -0.25) is 9.59 Å². The minimum Gasteiger partial charge on any atom is -0.480 e. The molecule has 3 aromatic rings. The summed E-state index contributed by atoms with van der Waals surface area (Å²) >= 11 is 0. The zero-order valence-corrected chi connectivity index (χ0v) is 18.2. The average molecular weight is 453 g/mol. The minimum absolute atomic E-state index is 0.0598. The van der Waals surface area contributed by atoms with Crippen LogP contribution in [0, 0.1) is 0 Å². The molecule has 0 fully saturated rings. The van der Waals surface area contributed by atoms with Crippen molar-refractivity contribution in [3.05, 3.63) is 71.9 Å². The van der Waals surface area contributed by atoms with Crippen LogP contribution in [0.2, 0.25) is 0 Å². The van der Waals surface area contributed by atoms with Crippen LogP contribution >= 0.6 is 0 Å². The Morgan fingerprint density at radius 1 is 0.939 bits per heavy atom. The van der Waals surface area contributed by atoms with Crippen LogP contribution in [0.3, 0.4) is 0 Å². The molecule has 0 bridgehead atoms. The molecule has 2 amide bonds. The summed E-state index contributed by atoms with van der Waals surface area (Å²) in [5.41, 5.74) is 8.09. The highest BCUT2D eigenvalue weighted by Gasteiger charge is 2.29. The second-order valence-electron chi connectivity index (χ2n) is 7.98.